The van der Waals surface area contributed by atoms with E-state index < -0.39 is 0 Å². The third-order valence-corrected chi connectivity index (χ3v) is 8.57. The van der Waals surface area contributed by atoms with Crippen LogP contribution in [0.25, 0.3) is 10.9 Å². The molecule has 0 radical (unpaired) electrons. The number of fused-ring (bicyclic) bond motifs is 2. The second-order valence-electron chi connectivity index (χ2n) is 11.1. The van der Waals surface area contributed by atoms with E-state index in [2.05, 4.69) is 63.4 Å². The normalized spacial score (nSPS) is 19.6. The number of hydrogen-bond acceptors (Lipinski definition) is 3. The molecular weight excluding hydrogens is 466 g/mol. The summed E-state index contributed by atoms with van der Waals surface area (Å²) in [7, 11) is 0. The van der Waals surface area contributed by atoms with Gasteiger partial charge in [0.15, 0.2) is 0 Å². The standard InChI is InChI=1S/C31H41N3O.ClH/c1-2-6-31-29(5-1)30(22-32-31)26-12-16-33(17-13-26)15-3-4-20-35-28-10-9-25-11-18-34(23-24-7-8-24)19-14-27(25)21-28;/h1-2,5-6,9-10,21-22,24,26,32H,3-4,7-8,11-20,23H2;1H. The first-order chi connectivity index (χ1) is 17.3. The molecule has 4 nitrogen and oxygen atoms in total. The molecule has 3 aliphatic rings. The molecule has 0 atom stereocenters. The van der Waals surface area contributed by atoms with E-state index in [1.54, 1.807) is 0 Å². The Labute approximate surface area is 222 Å². The van der Waals surface area contributed by atoms with E-state index in [4.69, 9.17) is 4.74 Å². The zero-order chi connectivity index (χ0) is 23.5. The molecule has 5 heteroatoms. The molecule has 2 aliphatic heterocycles. The van der Waals surface area contributed by atoms with Crippen LogP contribution >= 0.6 is 12.4 Å². The molecule has 3 heterocycles. The van der Waals surface area contributed by atoms with Gasteiger partial charge in [-0.15, -0.1) is 12.4 Å². The van der Waals surface area contributed by atoms with Crippen LogP contribution in [-0.2, 0) is 12.8 Å². The molecule has 2 aromatic carbocycles. The lowest BCUT2D eigenvalue weighted by atomic mass is 9.89. The third kappa shape index (κ3) is 6.27. The fraction of sp³-hybridized carbons (Fsp3) is 0.548. The predicted octanol–water partition coefficient (Wildman–Crippen LogP) is 6.44. The van der Waals surface area contributed by atoms with Crippen LogP contribution in [0.4, 0.5) is 0 Å². The molecule has 1 aromatic heterocycles. The first-order valence-electron chi connectivity index (χ1n) is 14.1. The van der Waals surface area contributed by atoms with Crippen LogP contribution in [0.5, 0.6) is 5.75 Å². The van der Waals surface area contributed by atoms with Crippen LogP contribution in [0.3, 0.4) is 0 Å². The van der Waals surface area contributed by atoms with Gasteiger partial charge >= 0.3 is 0 Å². The third-order valence-electron chi connectivity index (χ3n) is 8.57. The number of aromatic nitrogens is 1. The second-order valence-corrected chi connectivity index (χ2v) is 11.1. The minimum Gasteiger partial charge on any atom is -0.494 e. The average Bonchev–Trinajstić information content (AvgIpc) is 3.65. The molecule has 1 N–H and O–H groups in total. The predicted molar refractivity (Wildman–Crippen MR) is 152 cm³/mol. The molecule has 1 saturated heterocycles. The lowest BCUT2D eigenvalue weighted by Gasteiger charge is -2.32. The molecule has 2 fully saturated rings. The summed E-state index contributed by atoms with van der Waals surface area (Å²) in [6.07, 6.45) is 12.4. The smallest absolute Gasteiger partial charge is 0.119 e. The average molecular weight is 508 g/mol. The fourth-order valence-electron chi connectivity index (χ4n) is 6.21. The van der Waals surface area contributed by atoms with Crippen molar-refractivity contribution in [3.63, 3.8) is 0 Å². The Bertz CT molecular complexity index is 1120. The number of para-hydroxylation sites is 1. The highest BCUT2D eigenvalue weighted by Gasteiger charge is 2.25. The van der Waals surface area contributed by atoms with E-state index in [0.29, 0.717) is 5.92 Å². The van der Waals surface area contributed by atoms with Crippen LogP contribution in [0.15, 0.2) is 48.7 Å². The number of benzene rings is 2. The topological polar surface area (TPSA) is 31.5 Å². The monoisotopic (exact) mass is 507 g/mol. The van der Waals surface area contributed by atoms with Crippen molar-refractivity contribution in [2.24, 2.45) is 5.92 Å². The van der Waals surface area contributed by atoms with E-state index in [0.717, 1.165) is 24.7 Å². The number of rotatable bonds is 9. The largest absolute Gasteiger partial charge is 0.494 e. The Kier molecular flexibility index (Phi) is 8.56. The number of ether oxygens (including phenoxy) is 1. The van der Waals surface area contributed by atoms with Crippen molar-refractivity contribution in [2.45, 2.75) is 57.3 Å². The lowest BCUT2D eigenvalue weighted by Crippen LogP contribution is -2.33. The van der Waals surface area contributed by atoms with Crippen LogP contribution < -0.4 is 4.74 Å². The summed E-state index contributed by atoms with van der Waals surface area (Å²) in [6.45, 7) is 8.22. The first-order valence-corrected chi connectivity index (χ1v) is 14.1. The molecule has 1 aliphatic carbocycles. The molecule has 0 unspecified atom stereocenters. The van der Waals surface area contributed by atoms with Gasteiger partial charge in [-0.1, -0.05) is 24.3 Å². The quantitative estimate of drug-likeness (QED) is 0.338. The van der Waals surface area contributed by atoms with Gasteiger partial charge < -0.3 is 19.5 Å². The number of piperidine rings is 1. The number of unbranched alkanes of at least 4 members (excludes halogenated alkanes) is 1. The van der Waals surface area contributed by atoms with Gasteiger partial charge in [-0.3, -0.25) is 0 Å². The first kappa shape index (κ1) is 25.6. The zero-order valence-corrected chi connectivity index (χ0v) is 22.4. The van der Waals surface area contributed by atoms with E-state index >= 15 is 0 Å². The molecule has 0 spiro atoms. The maximum absolute atomic E-state index is 6.18. The maximum Gasteiger partial charge on any atom is 0.119 e. The molecule has 36 heavy (non-hydrogen) atoms. The highest BCUT2D eigenvalue weighted by molar-refractivity contribution is 5.85. The summed E-state index contributed by atoms with van der Waals surface area (Å²) in [4.78, 5) is 8.80. The SMILES string of the molecule is Cl.c1ccc2c(C3CCN(CCCCOc4ccc5c(c4)CCN(CC4CC4)CC5)CC3)c[nH]c2c1. The van der Waals surface area contributed by atoms with Gasteiger partial charge in [-0.25, -0.2) is 0 Å². The molecular formula is C31H42ClN3O. The maximum atomic E-state index is 6.18. The molecule has 0 bridgehead atoms. The minimum absolute atomic E-state index is 0. The number of H-pyrrole nitrogens is 1. The van der Waals surface area contributed by atoms with E-state index in [-0.39, 0.29) is 12.4 Å². The van der Waals surface area contributed by atoms with Gasteiger partial charge in [0.1, 0.15) is 5.75 Å². The molecule has 3 aromatic rings. The Morgan fingerprint density at radius 2 is 1.64 bits per heavy atom. The summed E-state index contributed by atoms with van der Waals surface area (Å²) in [5.74, 6) is 2.75. The molecule has 1 saturated carbocycles. The van der Waals surface area contributed by atoms with Crippen molar-refractivity contribution in [1.29, 1.82) is 0 Å². The van der Waals surface area contributed by atoms with Gasteiger partial charge in [-0.2, -0.15) is 0 Å². The minimum atomic E-state index is 0. The second kappa shape index (κ2) is 12.0. The summed E-state index contributed by atoms with van der Waals surface area (Å²) in [5, 5.41) is 1.41. The lowest BCUT2D eigenvalue weighted by molar-refractivity contribution is 0.202. The van der Waals surface area contributed by atoms with Crippen molar-refractivity contribution in [2.75, 3.05) is 45.9 Å². The number of halogens is 1. The molecule has 194 valence electrons. The summed E-state index contributed by atoms with van der Waals surface area (Å²) in [6, 6.07) is 15.6. The number of aromatic amines is 1. The van der Waals surface area contributed by atoms with Gasteiger partial charge in [0, 0.05) is 36.7 Å². The van der Waals surface area contributed by atoms with Crippen LogP contribution in [0.1, 0.15) is 61.1 Å². The van der Waals surface area contributed by atoms with Gasteiger partial charge in [0.2, 0.25) is 0 Å². The van der Waals surface area contributed by atoms with Crippen LogP contribution in [0, 0.1) is 5.92 Å². The Morgan fingerprint density at radius 1 is 0.833 bits per heavy atom. The highest BCUT2D eigenvalue weighted by Crippen LogP contribution is 2.33. The van der Waals surface area contributed by atoms with Crippen LogP contribution in [0.2, 0.25) is 0 Å². The Morgan fingerprint density at radius 3 is 2.47 bits per heavy atom. The highest BCUT2D eigenvalue weighted by atomic mass is 35.5. The number of nitrogens with one attached hydrogen (secondary N) is 1. The van der Waals surface area contributed by atoms with Gasteiger partial charge in [0.05, 0.1) is 6.61 Å². The Balaban J connectivity index is 0.00000267. The summed E-state index contributed by atoms with van der Waals surface area (Å²) < 4.78 is 6.18. The van der Waals surface area contributed by atoms with Crippen molar-refractivity contribution < 1.29 is 4.74 Å². The number of nitrogens with zero attached hydrogens (tertiary/aromatic N) is 2. The fourth-order valence-corrected chi connectivity index (χ4v) is 6.21. The van der Waals surface area contributed by atoms with Crippen molar-refractivity contribution in [3.05, 3.63) is 65.4 Å². The van der Waals surface area contributed by atoms with E-state index in [1.165, 1.54) is 112 Å². The van der Waals surface area contributed by atoms with Crippen LogP contribution in [-0.4, -0.2) is 60.7 Å². The Hall–Kier alpha value is -2.01. The van der Waals surface area contributed by atoms with Gasteiger partial charge in [0.25, 0.3) is 0 Å². The van der Waals surface area contributed by atoms with E-state index in [1.807, 2.05) is 0 Å². The van der Waals surface area contributed by atoms with Crippen molar-refractivity contribution >= 4 is 23.3 Å². The summed E-state index contributed by atoms with van der Waals surface area (Å²) in [5.41, 5.74) is 5.84. The summed E-state index contributed by atoms with van der Waals surface area (Å²) >= 11 is 0. The van der Waals surface area contributed by atoms with E-state index in [9.17, 15) is 0 Å². The van der Waals surface area contributed by atoms with Gasteiger partial charge in [-0.05, 0) is 118 Å². The zero-order valence-electron chi connectivity index (χ0n) is 21.6. The van der Waals surface area contributed by atoms with Crippen molar-refractivity contribution in [3.8, 4) is 5.75 Å². The number of likely N-dealkylation sites (tertiary alicyclic amines) is 1. The molecule has 6 rings (SSSR count). The van der Waals surface area contributed by atoms with Crippen molar-refractivity contribution in [1.82, 2.24) is 14.8 Å². The number of hydrogen-bond donors (Lipinski definition) is 1. The molecule has 0 amide bonds.